The first-order chi connectivity index (χ1) is 13.7. The monoisotopic (exact) mass is 387 g/mol. The van der Waals surface area contributed by atoms with E-state index in [9.17, 15) is 0 Å². The van der Waals surface area contributed by atoms with Crippen molar-refractivity contribution in [3.8, 4) is 11.1 Å². The highest BCUT2D eigenvalue weighted by molar-refractivity contribution is 5.64. The Morgan fingerprint density at radius 2 is 1.45 bits per heavy atom. The minimum Gasteiger partial charge on any atom is -0.330 e. The fourth-order valence-corrected chi connectivity index (χ4v) is 3.89. The molecule has 154 valence electrons. The van der Waals surface area contributed by atoms with Crippen molar-refractivity contribution in [1.29, 1.82) is 0 Å². The highest BCUT2D eigenvalue weighted by Gasteiger charge is 2.37. The third kappa shape index (κ3) is 5.81. The molecule has 1 unspecified atom stereocenters. The highest BCUT2D eigenvalue weighted by atomic mass is 14.5. The van der Waals surface area contributed by atoms with E-state index in [-0.39, 0.29) is 10.8 Å². The average Bonchev–Trinajstić information content (AvgIpc) is 2.69. The van der Waals surface area contributed by atoms with E-state index < -0.39 is 0 Å². The van der Waals surface area contributed by atoms with Crippen molar-refractivity contribution in [3.05, 3.63) is 96.1 Å². The maximum atomic E-state index is 5.65. The number of nitrogens with two attached hydrogens (primary N) is 1. The molecule has 1 atom stereocenters. The summed E-state index contributed by atoms with van der Waals surface area (Å²) < 4.78 is 0. The van der Waals surface area contributed by atoms with Crippen LogP contribution in [0.4, 0.5) is 0 Å². The van der Waals surface area contributed by atoms with Crippen molar-refractivity contribution in [3.63, 3.8) is 0 Å². The Hall–Kier alpha value is -2.38. The normalized spacial score (nSPS) is 14.8. The van der Waals surface area contributed by atoms with E-state index in [0.29, 0.717) is 6.54 Å². The minimum absolute atomic E-state index is 0.0441. The molecule has 0 radical (unpaired) electrons. The highest BCUT2D eigenvalue weighted by Crippen LogP contribution is 2.45. The molecule has 0 aliphatic carbocycles. The largest absolute Gasteiger partial charge is 0.330 e. The smallest absolute Gasteiger partial charge is 0.00925 e. The Bertz CT molecular complexity index is 850. The second-order valence-corrected chi connectivity index (χ2v) is 8.87. The molecule has 0 aliphatic rings. The summed E-state index contributed by atoms with van der Waals surface area (Å²) in [5, 5.41) is 0. The van der Waals surface area contributed by atoms with Gasteiger partial charge in [-0.2, -0.15) is 0 Å². The predicted molar refractivity (Wildman–Crippen MR) is 129 cm³/mol. The Balaban J connectivity index is 2.23. The molecule has 0 saturated carbocycles. The van der Waals surface area contributed by atoms with E-state index in [2.05, 4.69) is 108 Å². The van der Waals surface area contributed by atoms with Gasteiger partial charge in [0.1, 0.15) is 0 Å². The fourth-order valence-electron chi connectivity index (χ4n) is 3.89. The van der Waals surface area contributed by atoms with Crippen LogP contribution in [0.25, 0.3) is 11.1 Å². The van der Waals surface area contributed by atoms with E-state index >= 15 is 0 Å². The number of hydrogen-bond donors (Lipinski definition) is 1. The maximum absolute atomic E-state index is 5.65. The molecule has 2 N–H and O–H groups in total. The molecule has 2 rings (SSSR count). The average molecular weight is 388 g/mol. The van der Waals surface area contributed by atoms with Crippen LogP contribution in [-0.4, -0.2) is 6.54 Å². The van der Waals surface area contributed by atoms with Crippen molar-refractivity contribution in [1.82, 2.24) is 0 Å². The summed E-state index contributed by atoms with van der Waals surface area (Å²) in [6.07, 6.45) is 10.7. The molecule has 2 aromatic rings. The minimum atomic E-state index is -0.0441. The Kier molecular flexibility index (Phi) is 7.81. The summed E-state index contributed by atoms with van der Waals surface area (Å²) in [6.45, 7) is 15.9. The SMILES string of the molecule is C=C/C(C)=C\C(C)(/C=C\C)C(C)(C)Cc1ccc(-c2ccc(CCN)cc2)cc1. The van der Waals surface area contributed by atoms with E-state index in [0.717, 1.165) is 12.8 Å². The van der Waals surface area contributed by atoms with Crippen LogP contribution in [-0.2, 0) is 12.8 Å². The topological polar surface area (TPSA) is 26.0 Å². The van der Waals surface area contributed by atoms with Crippen LogP contribution < -0.4 is 5.73 Å². The van der Waals surface area contributed by atoms with Crippen LogP contribution in [0.3, 0.4) is 0 Å². The van der Waals surface area contributed by atoms with Gasteiger partial charge in [-0.15, -0.1) is 0 Å². The van der Waals surface area contributed by atoms with Crippen LogP contribution in [0.15, 0.2) is 85.0 Å². The second-order valence-electron chi connectivity index (χ2n) is 8.87. The molecule has 0 aromatic heterocycles. The van der Waals surface area contributed by atoms with Crippen molar-refractivity contribution in [2.45, 2.75) is 47.5 Å². The van der Waals surface area contributed by atoms with Gasteiger partial charge in [-0.05, 0) is 60.9 Å². The molecular weight excluding hydrogens is 350 g/mol. The molecule has 0 saturated heterocycles. The van der Waals surface area contributed by atoms with Crippen LogP contribution >= 0.6 is 0 Å². The van der Waals surface area contributed by atoms with Crippen molar-refractivity contribution < 1.29 is 0 Å². The Morgan fingerprint density at radius 1 is 0.931 bits per heavy atom. The zero-order valence-electron chi connectivity index (χ0n) is 18.8. The van der Waals surface area contributed by atoms with E-state index in [1.165, 1.54) is 27.8 Å². The molecule has 1 nitrogen and oxygen atoms in total. The molecule has 1 heteroatoms. The Labute approximate surface area is 178 Å². The summed E-state index contributed by atoms with van der Waals surface area (Å²) in [5.41, 5.74) is 12.0. The van der Waals surface area contributed by atoms with Crippen LogP contribution in [0, 0.1) is 10.8 Å². The summed E-state index contributed by atoms with van der Waals surface area (Å²) in [7, 11) is 0. The third-order valence-corrected chi connectivity index (χ3v) is 6.14. The standard InChI is InChI=1S/C28H37N/c1-7-18-28(6,20-22(3)8-2)27(4,5)21-24-11-15-26(16-12-24)25-13-9-23(10-14-25)17-19-29/h7-16,18,20H,2,17,19,21,29H2,1,3-6H3/b18-7-,22-20-. The molecule has 0 heterocycles. The van der Waals surface area contributed by atoms with Gasteiger partial charge < -0.3 is 5.73 Å². The first-order valence-corrected chi connectivity index (χ1v) is 10.6. The van der Waals surface area contributed by atoms with Gasteiger partial charge in [-0.1, -0.05) is 106 Å². The van der Waals surface area contributed by atoms with Crippen molar-refractivity contribution >= 4 is 0 Å². The zero-order chi connectivity index (χ0) is 21.5. The van der Waals surface area contributed by atoms with Gasteiger partial charge >= 0.3 is 0 Å². The Morgan fingerprint density at radius 3 is 1.90 bits per heavy atom. The first-order valence-electron chi connectivity index (χ1n) is 10.6. The molecule has 0 aliphatic heterocycles. The van der Waals surface area contributed by atoms with Crippen LogP contribution in [0.5, 0.6) is 0 Å². The van der Waals surface area contributed by atoms with Crippen LogP contribution in [0.2, 0.25) is 0 Å². The second kappa shape index (κ2) is 9.89. The number of hydrogen-bond acceptors (Lipinski definition) is 1. The molecule has 0 fully saturated rings. The number of benzene rings is 2. The van der Waals surface area contributed by atoms with Crippen molar-refractivity contribution in [2.24, 2.45) is 16.6 Å². The van der Waals surface area contributed by atoms with Gasteiger partial charge in [-0.25, -0.2) is 0 Å². The van der Waals surface area contributed by atoms with Gasteiger partial charge in [0.25, 0.3) is 0 Å². The van der Waals surface area contributed by atoms with Crippen molar-refractivity contribution in [2.75, 3.05) is 6.54 Å². The summed E-state index contributed by atoms with van der Waals surface area (Å²) in [6, 6.07) is 17.7. The van der Waals surface area contributed by atoms with Crippen LogP contribution in [0.1, 0.15) is 45.7 Å². The van der Waals surface area contributed by atoms with E-state index in [1.54, 1.807) is 0 Å². The molecule has 0 amide bonds. The first kappa shape index (κ1) is 22.9. The van der Waals surface area contributed by atoms with Gasteiger partial charge in [-0.3, -0.25) is 0 Å². The number of rotatable bonds is 9. The lowest BCUT2D eigenvalue weighted by atomic mass is 9.63. The quantitative estimate of drug-likeness (QED) is 0.359. The summed E-state index contributed by atoms with van der Waals surface area (Å²) in [4.78, 5) is 0. The van der Waals surface area contributed by atoms with Gasteiger partial charge in [0.2, 0.25) is 0 Å². The van der Waals surface area contributed by atoms with Gasteiger partial charge in [0.15, 0.2) is 0 Å². The predicted octanol–water partition coefficient (Wildman–Crippen LogP) is 7.14. The molecule has 29 heavy (non-hydrogen) atoms. The molecule has 0 bridgehead atoms. The van der Waals surface area contributed by atoms with Gasteiger partial charge in [0.05, 0.1) is 0 Å². The molecule has 2 aromatic carbocycles. The summed E-state index contributed by atoms with van der Waals surface area (Å²) >= 11 is 0. The lowest BCUT2D eigenvalue weighted by molar-refractivity contribution is 0.196. The van der Waals surface area contributed by atoms with E-state index in [1.807, 2.05) is 6.08 Å². The molecule has 0 spiro atoms. The fraction of sp³-hybridized carbons (Fsp3) is 0.357. The van der Waals surface area contributed by atoms with Gasteiger partial charge in [0, 0.05) is 5.41 Å². The van der Waals surface area contributed by atoms with E-state index in [4.69, 9.17) is 5.73 Å². The lowest BCUT2D eigenvalue weighted by Gasteiger charge is -2.41. The zero-order valence-corrected chi connectivity index (χ0v) is 18.8. The lowest BCUT2D eigenvalue weighted by Crippen LogP contribution is -2.34. The third-order valence-electron chi connectivity index (χ3n) is 6.14. The summed E-state index contributed by atoms with van der Waals surface area (Å²) in [5.74, 6) is 0. The number of allylic oxidation sites excluding steroid dienone is 5. The maximum Gasteiger partial charge on any atom is 0.00925 e. The molecular formula is C28H37N.